The fourth-order valence-electron chi connectivity index (χ4n) is 1.28. The van der Waals surface area contributed by atoms with E-state index in [1.807, 2.05) is 13.1 Å². The maximum atomic E-state index is 4.15. The molecule has 0 aliphatic heterocycles. The van der Waals surface area contributed by atoms with Crippen molar-refractivity contribution in [3.05, 3.63) is 34.7 Å². The molecule has 2 rings (SSSR count). The molecule has 66 valence electrons. The summed E-state index contributed by atoms with van der Waals surface area (Å²) >= 11 is 3.46. The van der Waals surface area contributed by atoms with Gasteiger partial charge in [-0.2, -0.15) is 5.10 Å². The zero-order valence-electron chi connectivity index (χ0n) is 7.16. The first-order valence-electron chi connectivity index (χ1n) is 3.85. The summed E-state index contributed by atoms with van der Waals surface area (Å²) in [6.45, 7) is 5.78. The second-order valence-electron chi connectivity index (χ2n) is 2.75. The molecule has 0 aliphatic carbocycles. The lowest BCUT2D eigenvalue weighted by molar-refractivity contribution is 0.950. The zero-order valence-corrected chi connectivity index (χ0v) is 8.74. The Balaban J connectivity index is 2.95. The lowest BCUT2D eigenvalue weighted by Gasteiger charge is -2.04. The molecular weight excluding hydrogens is 230 g/mol. The molecule has 13 heavy (non-hydrogen) atoms. The van der Waals surface area contributed by atoms with Crippen LogP contribution >= 0.6 is 15.9 Å². The first kappa shape index (κ1) is 8.44. The van der Waals surface area contributed by atoms with Gasteiger partial charge in [-0.1, -0.05) is 12.7 Å². The molecule has 2 heterocycles. The van der Waals surface area contributed by atoms with Gasteiger partial charge in [-0.25, -0.2) is 9.50 Å². The molecule has 0 atom stereocenters. The molecule has 3 nitrogen and oxygen atoms in total. The van der Waals surface area contributed by atoms with Crippen molar-refractivity contribution in [1.29, 1.82) is 0 Å². The van der Waals surface area contributed by atoms with Gasteiger partial charge < -0.3 is 0 Å². The minimum Gasteiger partial charge on any atom is -0.219 e. The third-order valence-corrected chi connectivity index (χ3v) is 2.82. The Hall–Kier alpha value is -1.16. The predicted molar refractivity (Wildman–Crippen MR) is 55.5 cm³/mol. The molecule has 0 fully saturated rings. The summed E-state index contributed by atoms with van der Waals surface area (Å²) in [5, 5.41) is 4.06. The molecular formula is C9H8BrN3. The second kappa shape index (κ2) is 2.96. The molecule has 0 aromatic carbocycles. The Labute approximate surface area is 84.2 Å². The second-order valence-corrected chi connectivity index (χ2v) is 3.60. The predicted octanol–water partition coefficient (Wildman–Crippen LogP) is 2.44. The molecule has 4 heteroatoms. The van der Waals surface area contributed by atoms with Gasteiger partial charge in [0.1, 0.15) is 6.33 Å². The van der Waals surface area contributed by atoms with Crippen LogP contribution in [0.25, 0.3) is 11.7 Å². The van der Waals surface area contributed by atoms with Crippen LogP contribution in [0.5, 0.6) is 0 Å². The molecule has 0 saturated carbocycles. The largest absolute Gasteiger partial charge is 0.219 e. The standard InChI is InChI=1S/C9H8BrN3/c1-3-7-6(2)8(10)4-13-9(7)11-5-12-13/h3-5H,1H2,2H3. The molecule has 0 radical (unpaired) electrons. The van der Waals surface area contributed by atoms with Crippen molar-refractivity contribution in [3.8, 4) is 0 Å². The third-order valence-electron chi connectivity index (χ3n) is 2.02. The Bertz CT molecular complexity index is 473. The van der Waals surface area contributed by atoms with Crippen LogP contribution < -0.4 is 0 Å². The highest BCUT2D eigenvalue weighted by molar-refractivity contribution is 9.10. The Kier molecular flexibility index (Phi) is 1.92. The van der Waals surface area contributed by atoms with Gasteiger partial charge in [0.2, 0.25) is 0 Å². The van der Waals surface area contributed by atoms with E-state index in [1.54, 1.807) is 10.6 Å². The summed E-state index contributed by atoms with van der Waals surface area (Å²) in [7, 11) is 0. The van der Waals surface area contributed by atoms with E-state index in [0.29, 0.717) is 0 Å². The van der Waals surface area contributed by atoms with E-state index in [9.17, 15) is 0 Å². The van der Waals surface area contributed by atoms with Gasteiger partial charge in [-0.3, -0.25) is 0 Å². The summed E-state index contributed by atoms with van der Waals surface area (Å²) in [5.41, 5.74) is 3.00. The fourth-order valence-corrected chi connectivity index (χ4v) is 1.69. The summed E-state index contributed by atoms with van der Waals surface area (Å²) < 4.78 is 2.74. The zero-order chi connectivity index (χ0) is 9.42. The summed E-state index contributed by atoms with van der Waals surface area (Å²) in [6, 6.07) is 0. The number of pyridine rings is 1. The van der Waals surface area contributed by atoms with Crippen LogP contribution in [0.4, 0.5) is 0 Å². The van der Waals surface area contributed by atoms with Crippen molar-refractivity contribution in [1.82, 2.24) is 14.6 Å². The molecule has 0 aliphatic rings. The Morgan fingerprint density at radius 3 is 3.08 bits per heavy atom. The first-order valence-corrected chi connectivity index (χ1v) is 4.64. The first-order chi connectivity index (χ1) is 6.24. The minimum absolute atomic E-state index is 0.843. The van der Waals surface area contributed by atoms with E-state index in [2.05, 4.69) is 32.6 Å². The monoisotopic (exact) mass is 237 g/mol. The van der Waals surface area contributed by atoms with Gasteiger partial charge in [0, 0.05) is 16.2 Å². The van der Waals surface area contributed by atoms with Gasteiger partial charge >= 0.3 is 0 Å². The van der Waals surface area contributed by atoms with Gasteiger partial charge in [-0.05, 0) is 28.4 Å². The van der Waals surface area contributed by atoms with Crippen LogP contribution in [0.1, 0.15) is 11.1 Å². The SMILES string of the molecule is C=Cc1c(C)c(Br)cn2ncnc12. The maximum Gasteiger partial charge on any atom is 0.162 e. The minimum atomic E-state index is 0.843. The van der Waals surface area contributed by atoms with E-state index in [-0.39, 0.29) is 0 Å². The van der Waals surface area contributed by atoms with Crippen LogP contribution in [0, 0.1) is 6.92 Å². The van der Waals surface area contributed by atoms with Crippen molar-refractivity contribution < 1.29 is 0 Å². The fraction of sp³-hybridized carbons (Fsp3) is 0.111. The molecule has 0 spiro atoms. The lowest BCUT2D eigenvalue weighted by atomic mass is 10.1. The normalized spacial score (nSPS) is 10.6. The summed E-state index contributed by atoms with van der Waals surface area (Å²) in [4.78, 5) is 4.15. The van der Waals surface area contributed by atoms with Crippen LogP contribution in [-0.4, -0.2) is 14.6 Å². The van der Waals surface area contributed by atoms with Crippen molar-refractivity contribution in [2.45, 2.75) is 6.92 Å². The topological polar surface area (TPSA) is 30.2 Å². The van der Waals surface area contributed by atoms with Crippen molar-refractivity contribution in [3.63, 3.8) is 0 Å². The molecule has 0 amide bonds. The Morgan fingerprint density at radius 2 is 2.38 bits per heavy atom. The highest BCUT2D eigenvalue weighted by atomic mass is 79.9. The summed E-state index contributed by atoms with van der Waals surface area (Å²) in [5.74, 6) is 0. The number of rotatable bonds is 1. The highest BCUT2D eigenvalue weighted by Gasteiger charge is 2.07. The third kappa shape index (κ3) is 1.18. The quantitative estimate of drug-likeness (QED) is 0.763. The van der Waals surface area contributed by atoms with E-state index in [1.165, 1.54) is 6.33 Å². The van der Waals surface area contributed by atoms with E-state index >= 15 is 0 Å². The molecule has 0 N–H and O–H groups in total. The van der Waals surface area contributed by atoms with Gasteiger partial charge in [-0.15, -0.1) is 0 Å². The van der Waals surface area contributed by atoms with Crippen LogP contribution in [0.2, 0.25) is 0 Å². The van der Waals surface area contributed by atoms with Gasteiger partial charge in [0.25, 0.3) is 0 Å². The number of hydrogen-bond donors (Lipinski definition) is 0. The van der Waals surface area contributed by atoms with Crippen LogP contribution in [0.15, 0.2) is 23.6 Å². The van der Waals surface area contributed by atoms with Gasteiger partial charge in [0.15, 0.2) is 5.65 Å². The molecule has 0 bridgehead atoms. The molecule has 2 aromatic rings. The van der Waals surface area contributed by atoms with Crippen LogP contribution in [-0.2, 0) is 0 Å². The highest BCUT2D eigenvalue weighted by Crippen LogP contribution is 2.22. The average molecular weight is 238 g/mol. The van der Waals surface area contributed by atoms with E-state index in [4.69, 9.17) is 0 Å². The van der Waals surface area contributed by atoms with Gasteiger partial charge in [0.05, 0.1) is 0 Å². The van der Waals surface area contributed by atoms with E-state index < -0.39 is 0 Å². The number of fused-ring (bicyclic) bond motifs is 1. The molecule has 0 unspecified atom stereocenters. The van der Waals surface area contributed by atoms with Crippen molar-refractivity contribution in [2.24, 2.45) is 0 Å². The number of hydrogen-bond acceptors (Lipinski definition) is 2. The van der Waals surface area contributed by atoms with Crippen molar-refractivity contribution >= 4 is 27.7 Å². The summed E-state index contributed by atoms with van der Waals surface area (Å²) in [6.07, 6.45) is 5.23. The number of aromatic nitrogens is 3. The molecule has 2 aromatic heterocycles. The number of halogens is 1. The Morgan fingerprint density at radius 1 is 1.62 bits per heavy atom. The van der Waals surface area contributed by atoms with Crippen LogP contribution in [0.3, 0.4) is 0 Å². The average Bonchev–Trinajstić information content (AvgIpc) is 2.54. The maximum absolute atomic E-state index is 4.15. The van der Waals surface area contributed by atoms with Crippen molar-refractivity contribution in [2.75, 3.05) is 0 Å². The lowest BCUT2D eigenvalue weighted by Crippen LogP contribution is -1.93. The van der Waals surface area contributed by atoms with E-state index in [0.717, 1.165) is 21.2 Å². The smallest absolute Gasteiger partial charge is 0.162 e. The number of nitrogens with zero attached hydrogens (tertiary/aromatic N) is 3. The molecule has 0 saturated heterocycles.